The molecule has 4 saturated heterocycles. The van der Waals surface area contributed by atoms with E-state index >= 15 is 0 Å². The van der Waals surface area contributed by atoms with E-state index in [0.29, 0.717) is 79.9 Å². The van der Waals surface area contributed by atoms with Crippen LogP contribution in [0, 0.1) is 20.2 Å². The number of nitro groups is 2. The Kier molecular flexibility index (Phi) is 35.1. The summed E-state index contributed by atoms with van der Waals surface area (Å²) in [6.45, 7) is 18.7. The van der Waals surface area contributed by atoms with Crippen molar-refractivity contribution in [3.8, 4) is 45.0 Å². The van der Waals surface area contributed by atoms with E-state index in [4.69, 9.17) is 47.1 Å². The third-order valence-corrected chi connectivity index (χ3v) is 23.0. The highest BCUT2D eigenvalue weighted by atomic mass is 35.5. The fourth-order valence-electron chi connectivity index (χ4n) is 15.7. The highest BCUT2D eigenvalue weighted by Crippen LogP contribution is 2.36. The predicted octanol–water partition coefficient (Wildman–Crippen LogP) is 15.2. The van der Waals surface area contributed by atoms with Gasteiger partial charge in [0.15, 0.2) is 0 Å². The number of nitrogens with two attached hydrogens (primary N) is 2. The van der Waals surface area contributed by atoms with Crippen molar-refractivity contribution in [3.05, 3.63) is 311 Å². The van der Waals surface area contributed by atoms with Crippen molar-refractivity contribution in [2.45, 2.75) is 25.7 Å². The lowest BCUT2D eigenvalue weighted by Crippen LogP contribution is -2.36. The second-order valence-electron chi connectivity index (χ2n) is 32.6. The summed E-state index contributed by atoms with van der Waals surface area (Å²) in [5.74, 6) is 2.07. The van der Waals surface area contributed by atoms with Crippen LogP contribution in [0.1, 0.15) is 22.3 Å². The molecule has 0 atom stereocenters. The molecule has 4 aliphatic heterocycles. The number of halogens is 2. The fraction of sp³-hybridized carbons (Fsp3) is 0.196. The van der Waals surface area contributed by atoms with Crippen molar-refractivity contribution < 1.29 is 62.7 Å². The van der Waals surface area contributed by atoms with Crippen molar-refractivity contribution in [2.24, 2.45) is 0 Å². The summed E-state index contributed by atoms with van der Waals surface area (Å²) in [6, 6.07) is 64.9. The number of carbonyl (C=O) groups excluding carboxylic acids is 5. The predicted molar refractivity (Wildman–Crippen MR) is 553 cm³/mol. The Morgan fingerprint density at radius 3 is 0.846 bits per heavy atom. The molecule has 0 spiro atoms. The summed E-state index contributed by atoms with van der Waals surface area (Å²) in [6.07, 6.45) is 9.14. The smallest absolute Gasteiger partial charge is 0.307 e. The minimum atomic E-state index is -0.950. The van der Waals surface area contributed by atoms with Gasteiger partial charge in [-0.1, -0.05) is 110 Å². The van der Waals surface area contributed by atoms with E-state index in [-0.39, 0.29) is 66.7 Å². The molecule has 13 N–H and O–H groups in total. The van der Waals surface area contributed by atoms with Crippen LogP contribution in [0.2, 0.25) is 0 Å². The number of morpholine rings is 4. The summed E-state index contributed by atoms with van der Waals surface area (Å²) >= 11 is 4.71. The lowest BCUT2D eigenvalue weighted by molar-refractivity contribution is -0.385. The van der Waals surface area contributed by atoms with Crippen LogP contribution < -0.4 is 52.3 Å². The molecule has 0 aliphatic carbocycles. The van der Waals surface area contributed by atoms with E-state index in [9.17, 15) is 49.0 Å². The zero-order valence-electron chi connectivity index (χ0n) is 77.2. The molecule has 4 amide bonds. The number of nitrogen functional groups attached to an aromatic ring is 2. The molecule has 39 nitrogen and oxygen atoms in total. The van der Waals surface area contributed by atoms with Gasteiger partial charge in [-0.05, 0) is 165 Å². The number of nitro benzene ring substituents is 2. The first kappa shape index (κ1) is 102. The lowest BCUT2D eigenvalue weighted by Gasteiger charge is -2.27. The highest BCUT2D eigenvalue weighted by molar-refractivity contribution is 6.66. The molecule has 0 radical (unpaired) electrons. The number of aromatic nitrogens is 12. The van der Waals surface area contributed by atoms with Gasteiger partial charge < -0.3 is 96.3 Å². The number of nitrogens with zero attached hydrogens (tertiary/aromatic N) is 14. The van der Waals surface area contributed by atoms with Crippen molar-refractivity contribution in [3.63, 3.8) is 0 Å². The number of aromatic amines is 4. The molecule has 20 rings (SSSR count). The molecule has 8 aromatic heterocycles. The maximum absolute atomic E-state index is 12.5. The minimum absolute atomic E-state index is 0. The van der Waals surface area contributed by atoms with Gasteiger partial charge in [-0.15, -0.1) is 12.4 Å². The standard InChI is InChI=1S/C27H26N6O3.C24H22N6O4.C24H24N6O2.C16H17N5O.C8H7NO4.C3H3ClO.ClH/c1-2-24(34)30-20-7-3-18(4-8-20)15-25(35)31-21-9-5-19(6-10-21)23-16-22-26(32-23)28-17-29-27(22)33-11-13-36-14-12-33;31-22(13-16-1-7-19(8-2-16)30(32)33)27-18-5-3-17(4-6-18)21-14-20-23(28-21)25-15-26-24(20)29-9-11-34-12-10-29;25-18-5-1-16(2-6-18)13-22(31)28-19-7-3-17(4-8-19)21-14-20-23(29-21)26-15-27-24(20)30-9-11-32-12-10-30;17-12-3-1-11(2-4-12)14-9-13-15(20-14)18-10-19-16(13)21-5-7-22-8-6-21;10-8(11)5-6-1-3-7(4-2-6)9(12)13;1-2-3(4)5;/h2-10,16-17H,1,11-15H2,(H,30,34)(H,31,35)(H,28,29,32);1-8,14-15H,9-13H2,(H,27,31)(H,25,26,28);1-8,14-15H,9-13,25H2,(H,28,31)(H,26,27,29);1-4,9-10H,5-8,17H2,(H,18,19,20);1-4H,5H2,(H,10,11);2H,1H2;1H. The Morgan fingerprint density at radius 2 is 0.594 bits per heavy atom. The number of hydrogen-bond acceptors (Lipinski definition) is 28. The first-order valence-electron chi connectivity index (χ1n) is 45.1. The molecule has 0 unspecified atom stereocenters. The summed E-state index contributed by atoms with van der Waals surface area (Å²) < 4.78 is 21.8. The Morgan fingerprint density at radius 1 is 0.364 bits per heavy atom. The minimum Gasteiger partial charge on any atom is -0.481 e. The largest absolute Gasteiger partial charge is 0.481 e. The number of allylic oxidation sites excluding steroid dienone is 1. The molecule has 143 heavy (non-hydrogen) atoms. The molecule has 0 saturated carbocycles. The number of hydrogen-bond donors (Lipinski definition) is 11. The Labute approximate surface area is 829 Å². The summed E-state index contributed by atoms with van der Waals surface area (Å²) in [4.78, 5) is 146. The molecular formula is C102H100Cl2N24O15. The molecule has 732 valence electrons. The molecule has 4 aliphatic rings. The first-order valence-corrected chi connectivity index (χ1v) is 45.5. The number of non-ortho nitro benzene ring substituents is 2. The molecule has 41 heteroatoms. The van der Waals surface area contributed by atoms with E-state index in [0.717, 1.165) is 207 Å². The van der Waals surface area contributed by atoms with Gasteiger partial charge in [0.2, 0.25) is 28.9 Å². The topological polar surface area (TPSA) is 525 Å². The van der Waals surface area contributed by atoms with Crippen LogP contribution in [0.25, 0.3) is 89.2 Å². The summed E-state index contributed by atoms with van der Waals surface area (Å²) in [5, 5.41) is 44.3. The number of nitrogens with one attached hydrogen (secondary N) is 8. The summed E-state index contributed by atoms with van der Waals surface area (Å²) in [7, 11) is 0. The monoisotopic (exact) mass is 1970 g/mol. The van der Waals surface area contributed by atoms with Gasteiger partial charge in [-0.25, -0.2) is 39.9 Å². The number of anilines is 10. The van der Waals surface area contributed by atoms with Crippen LogP contribution in [0.4, 0.5) is 68.8 Å². The number of carboxylic acids is 1. The normalized spacial score (nSPS) is 13.2. The van der Waals surface area contributed by atoms with Gasteiger partial charge in [-0.3, -0.25) is 49.0 Å². The van der Waals surface area contributed by atoms with Crippen LogP contribution in [-0.2, 0) is 73.4 Å². The number of carboxylic acid groups (broad SMARTS) is 1. The number of carbonyl (C=O) groups is 6. The Balaban J connectivity index is 0.000000144. The molecule has 4 fully saturated rings. The van der Waals surface area contributed by atoms with E-state index in [1.165, 1.54) is 42.5 Å². The van der Waals surface area contributed by atoms with Gasteiger partial charge >= 0.3 is 5.97 Å². The van der Waals surface area contributed by atoms with Gasteiger partial charge in [0.25, 0.3) is 11.4 Å². The SMILES string of the molecule is C=CC(=O)Cl.C=CC(=O)Nc1ccc(CC(=O)Nc2ccc(-c3cc4c(N5CCOCC5)ncnc4[nH]3)cc2)cc1.Cl.Nc1ccc(-c2cc3c(N4CCOCC4)ncnc3[nH]2)cc1.Nc1ccc(CC(=O)Nc2ccc(-c3cc4c(N5CCOCC5)ncnc4[nH]3)cc2)cc1.O=C(Cc1ccc([N+](=O)[O-])cc1)Nc1ccc(-c2cc3c(N4CCOCC4)ncnc3[nH]2)cc1.O=C(O)Cc1ccc([N+](=O)[O-])cc1. The lowest BCUT2D eigenvalue weighted by atomic mass is 10.1. The van der Waals surface area contributed by atoms with E-state index in [2.05, 4.69) is 132 Å². The molecule has 8 aromatic carbocycles. The quantitative estimate of drug-likeness (QED) is 0.00880. The fourth-order valence-corrected chi connectivity index (χ4v) is 15.7. The molecule has 0 bridgehead atoms. The van der Waals surface area contributed by atoms with Gasteiger partial charge in [0, 0.05) is 134 Å². The van der Waals surface area contributed by atoms with Crippen molar-refractivity contribution in [2.75, 3.05) is 158 Å². The van der Waals surface area contributed by atoms with E-state index in [1.54, 1.807) is 61.7 Å². The van der Waals surface area contributed by atoms with E-state index in [1.807, 2.05) is 127 Å². The number of aliphatic carboxylic acids is 1. The maximum Gasteiger partial charge on any atom is 0.307 e. The number of benzene rings is 8. The number of fused-ring (bicyclic) bond motifs is 4. The van der Waals surface area contributed by atoms with Crippen LogP contribution in [0.5, 0.6) is 0 Å². The molecular weight excluding hydrogens is 1870 g/mol. The van der Waals surface area contributed by atoms with Crippen LogP contribution in [-0.4, -0.2) is 215 Å². The Hall–Kier alpha value is -17.2. The van der Waals surface area contributed by atoms with Crippen LogP contribution in [0.15, 0.2) is 269 Å². The third-order valence-electron chi connectivity index (χ3n) is 22.8. The van der Waals surface area contributed by atoms with Gasteiger partial charge in [0.1, 0.15) is 71.2 Å². The molecule has 16 aromatic rings. The average molecular weight is 1970 g/mol. The number of H-pyrrole nitrogens is 4. The zero-order valence-corrected chi connectivity index (χ0v) is 78.7. The number of ether oxygens (including phenoxy) is 4. The number of amides is 4. The third kappa shape index (κ3) is 28.1. The van der Waals surface area contributed by atoms with Crippen molar-refractivity contribution in [1.82, 2.24) is 59.8 Å². The van der Waals surface area contributed by atoms with E-state index < -0.39 is 21.1 Å². The van der Waals surface area contributed by atoms with Gasteiger partial charge in [-0.2, -0.15) is 0 Å². The first-order chi connectivity index (χ1) is 69.0. The van der Waals surface area contributed by atoms with Crippen LogP contribution >= 0.6 is 24.0 Å². The Bertz CT molecular complexity index is 7120. The number of rotatable bonds is 24. The van der Waals surface area contributed by atoms with Gasteiger partial charge in [0.05, 0.1) is 110 Å². The highest BCUT2D eigenvalue weighted by Gasteiger charge is 2.25. The second-order valence-corrected chi connectivity index (χ2v) is 32.9. The van der Waals surface area contributed by atoms with Crippen LogP contribution in [0.3, 0.4) is 0 Å². The average Bonchev–Trinajstić information content (AvgIpc) is 1.66. The zero-order chi connectivity index (χ0) is 99.4. The second kappa shape index (κ2) is 49.4. The maximum atomic E-state index is 12.5. The van der Waals surface area contributed by atoms with Crippen molar-refractivity contribution >= 4 is 172 Å². The summed E-state index contributed by atoms with van der Waals surface area (Å²) in [5.41, 5.74) is 29.7. The molecule has 12 heterocycles. The van der Waals surface area contributed by atoms with Crippen molar-refractivity contribution in [1.29, 1.82) is 0 Å².